The molecule has 1 fully saturated rings. The van der Waals surface area contributed by atoms with Crippen LogP contribution in [0.3, 0.4) is 0 Å². The highest BCUT2D eigenvalue weighted by atomic mass is 35.5. The van der Waals surface area contributed by atoms with Crippen molar-refractivity contribution in [1.29, 1.82) is 0 Å². The minimum absolute atomic E-state index is 0.0649. The van der Waals surface area contributed by atoms with Gasteiger partial charge in [0.05, 0.1) is 0 Å². The van der Waals surface area contributed by atoms with Crippen LogP contribution in [0, 0.1) is 0 Å². The van der Waals surface area contributed by atoms with Crippen LogP contribution in [0.15, 0.2) is 59.1 Å². The highest BCUT2D eigenvalue weighted by Gasteiger charge is 2.24. The highest BCUT2D eigenvalue weighted by molar-refractivity contribution is 6.30. The van der Waals surface area contributed by atoms with Crippen molar-refractivity contribution in [2.45, 2.75) is 44.6 Å². The van der Waals surface area contributed by atoms with Crippen LogP contribution in [0.25, 0.3) is 11.4 Å². The summed E-state index contributed by atoms with van der Waals surface area (Å²) in [6.07, 6.45) is 3.46. The molecular formula is C25H27ClN4O3. The Hall–Kier alpha value is -3.19. The number of benzene rings is 2. The molecule has 0 atom stereocenters. The molecule has 1 saturated heterocycles. The molecule has 33 heavy (non-hydrogen) atoms. The highest BCUT2D eigenvalue weighted by Crippen LogP contribution is 2.19. The summed E-state index contributed by atoms with van der Waals surface area (Å²) in [4.78, 5) is 31.1. The Morgan fingerprint density at radius 2 is 1.73 bits per heavy atom. The lowest BCUT2D eigenvalue weighted by Gasteiger charge is -2.32. The maximum absolute atomic E-state index is 12.6. The number of hydrogen-bond acceptors (Lipinski definition) is 5. The summed E-state index contributed by atoms with van der Waals surface area (Å²) in [7, 11) is 0. The number of piperidine rings is 1. The third-order valence-corrected chi connectivity index (χ3v) is 6.07. The van der Waals surface area contributed by atoms with Gasteiger partial charge in [0, 0.05) is 49.0 Å². The van der Waals surface area contributed by atoms with Gasteiger partial charge in [0.15, 0.2) is 0 Å². The van der Waals surface area contributed by atoms with Gasteiger partial charge in [0.25, 0.3) is 0 Å². The van der Waals surface area contributed by atoms with Crippen LogP contribution in [-0.2, 0) is 22.4 Å². The first-order valence-corrected chi connectivity index (χ1v) is 11.6. The molecule has 4 rings (SSSR count). The molecule has 1 aliphatic heterocycles. The van der Waals surface area contributed by atoms with E-state index in [1.54, 1.807) is 12.1 Å². The van der Waals surface area contributed by atoms with Gasteiger partial charge < -0.3 is 14.7 Å². The van der Waals surface area contributed by atoms with Crippen molar-refractivity contribution < 1.29 is 14.1 Å². The molecule has 2 aromatic carbocycles. The molecule has 0 spiro atoms. The number of carbonyl (C=O) groups is 2. The molecule has 1 aliphatic rings. The number of carbonyl (C=O) groups excluding carboxylic acids is 2. The predicted molar refractivity (Wildman–Crippen MR) is 126 cm³/mol. The number of amides is 2. The first-order chi connectivity index (χ1) is 16.1. The number of nitrogens with zero attached hydrogens (tertiary/aromatic N) is 3. The molecule has 0 radical (unpaired) electrons. The minimum atomic E-state index is 0.0649. The number of hydrogen-bond donors (Lipinski definition) is 1. The van der Waals surface area contributed by atoms with Crippen molar-refractivity contribution in [1.82, 2.24) is 20.4 Å². The molecule has 1 aromatic heterocycles. The summed E-state index contributed by atoms with van der Waals surface area (Å²) < 4.78 is 5.29. The summed E-state index contributed by atoms with van der Waals surface area (Å²) in [6.45, 7) is 1.28. The number of aromatic nitrogens is 2. The lowest BCUT2D eigenvalue weighted by atomic mass is 10.0. The Morgan fingerprint density at radius 1 is 1.00 bits per heavy atom. The van der Waals surface area contributed by atoms with Gasteiger partial charge in [0.2, 0.25) is 23.5 Å². The van der Waals surface area contributed by atoms with E-state index in [1.165, 1.54) is 0 Å². The molecule has 0 saturated carbocycles. The van der Waals surface area contributed by atoms with Crippen molar-refractivity contribution in [3.05, 3.63) is 71.1 Å². The Bertz CT molecular complexity index is 1060. The summed E-state index contributed by atoms with van der Waals surface area (Å²) in [6, 6.07) is 17.3. The smallest absolute Gasteiger partial charge is 0.227 e. The van der Waals surface area contributed by atoms with Gasteiger partial charge in [0.1, 0.15) is 0 Å². The Morgan fingerprint density at radius 3 is 2.45 bits per heavy atom. The van der Waals surface area contributed by atoms with E-state index in [9.17, 15) is 9.59 Å². The van der Waals surface area contributed by atoms with Gasteiger partial charge in [-0.25, -0.2) is 0 Å². The second kappa shape index (κ2) is 11.1. The van der Waals surface area contributed by atoms with E-state index in [4.69, 9.17) is 16.1 Å². The quantitative estimate of drug-likeness (QED) is 0.540. The van der Waals surface area contributed by atoms with Crippen molar-refractivity contribution >= 4 is 23.4 Å². The van der Waals surface area contributed by atoms with E-state index in [0.717, 1.165) is 30.4 Å². The zero-order valence-corrected chi connectivity index (χ0v) is 19.1. The molecule has 7 nitrogen and oxygen atoms in total. The average Bonchev–Trinajstić information content (AvgIpc) is 3.32. The normalized spacial score (nSPS) is 14.3. The number of aryl methyl sites for hydroxylation is 2. The Kier molecular flexibility index (Phi) is 7.73. The molecule has 0 aliphatic carbocycles. The molecule has 0 unspecified atom stereocenters. The molecular weight excluding hydrogens is 440 g/mol. The van der Waals surface area contributed by atoms with Crippen LogP contribution in [0.1, 0.15) is 37.1 Å². The van der Waals surface area contributed by atoms with Gasteiger partial charge >= 0.3 is 0 Å². The van der Waals surface area contributed by atoms with E-state index >= 15 is 0 Å². The van der Waals surface area contributed by atoms with Crippen LogP contribution in [0.5, 0.6) is 0 Å². The van der Waals surface area contributed by atoms with Crippen LogP contribution >= 0.6 is 11.6 Å². The fourth-order valence-electron chi connectivity index (χ4n) is 3.92. The number of halogens is 1. The molecule has 3 aromatic rings. The molecule has 2 heterocycles. The maximum atomic E-state index is 12.6. The second-order valence-electron chi connectivity index (χ2n) is 8.23. The van der Waals surface area contributed by atoms with Crippen molar-refractivity contribution in [3.63, 3.8) is 0 Å². The number of likely N-dealkylation sites (tertiary alicyclic amines) is 1. The number of nitrogens with one attached hydrogen (secondary N) is 1. The topological polar surface area (TPSA) is 88.3 Å². The first-order valence-electron chi connectivity index (χ1n) is 11.3. The SMILES string of the molecule is O=C(CCc1ccccc1)NC1CCN(C(=O)CCc2nc(-c3ccc(Cl)cc3)no2)CC1. The monoisotopic (exact) mass is 466 g/mol. The van der Waals surface area contributed by atoms with E-state index in [0.29, 0.717) is 49.1 Å². The van der Waals surface area contributed by atoms with Crippen LogP contribution in [0.2, 0.25) is 5.02 Å². The fraction of sp³-hybridized carbons (Fsp3) is 0.360. The summed E-state index contributed by atoms with van der Waals surface area (Å²) >= 11 is 5.91. The minimum Gasteiger partial charge on any atom is -0.353 e. The maximum Gasteiger partial charge on any atom is 0.227 e. The second-order valence-corrected chi connectivity index (χ2v) is 8.66. The zero-order valence-electron chi connectivity index (χ0n) is 18.4. The number of rotatable bonds is 8. The Labute approximate surface area is 198 Å². The van der Waals surface area contributed by atoms with Crippen molar-refractivity contribution in [2.24, 2.45) is 0 Å². The molecule has 8 heteroatoms. The van der Waals surface area contributed by atoms with E-state index < -0.39 is 0 Å². The van der Waals surface area contributed by atoms with Gasteiger partial charge in [-0.05, 0) is 49.1 Å². The van der Waals surface area contributed by atoms with Gasteiger partial charge in [-0.1, -0.05) is 47.1 Å². The largest absolute Gasteiger partial charge is 0.353 e. The molecule has 1 N–H and O–H groups in total. The third kappa shape index (κ3) is 6.65. The summed E-state index contributed by atoms with van der Waals surface area (Å²) in [5.41, 5.74) is 1.98. The van der Waals surface area contributed by atoms with Crippen molar-refractivity contribution in [2.75, 3.05) is 13.1 Å². The lowest BCUT2D eigenvalue weighted by molar-refractivity contribution is -0.132. The summed E-state index contributed by atoms with van der Waals surface area (Å²) in [5, 5.41) is 7.74. The van der Waals surface area contributed by atoms with E-state index in [-0.39, 0.29) is 17.9 Å². The molecule has 0 bridgehead atoms. The Balaban J connectivity index is 1.17. The molecule has 172 valence electrons. The van der Waals surface area contributed by atoms with Crippen LogP contribution in [0.4, 0.5) is 0 Å². The van der Waals surface area contributed by atoms with Gasteiger partial charge in [-0.2, -0.15) is 4.98 Å². The van der Waals surface area contributed by atoms with E-state index in [2.05, 4.69) is 15.5 Å². The van der Waals surface area contributed by atoms with Gasteiger partial charge in [-0.15, -0.1) is 0 Å². The third-order valence-electron chi connectivity index (χ3n) is 5.82. The first kappa shape index (κ1) is 23.0. The zero-order chi connectivity index (χ0) is 23.0. The predicted octanol–water partition coefficient (Wildman–Crippen LogP) is 4.06. The van der Waals surface area contributed by atoms with Gasteiger partial charge in [-0.3, -0.25) is 9.59 Å². The molecule has 2 amide bonds. The standard InChI is InChI=1S/C25H27ClN4O3/c26-20-9-7-19(8-10-20)25-28-23(33-29-25)12-13-24(32)30-16-14-21(15-17-30)27-22(31)11-6-18-4-2-1-3-5-18/h1-5,7-10,21H,6,11-17H2,(H,27,31). The van der Waals surface area contributed by atoms with Crippen LogP contribution in [-0.4, -0.2) is 46.0 Å². The van der Waals surface area contributed by atoms with Crippen LogP contribution < -0.4 is 5.32 Å². The fourth-order valence-corrected chi connectivity index (χ4v) is 4.05. The van der Waals surface area contributed by atoms with Crippen molar-refractivity contribution in [3.8, 4) is 11.4 Å². The average molecular weight is 467 g/mol. The summed E-state index contributed by atoms with van der Waals surface area (Å²) in [5.74, 6) is 1.05. The lowest BCUT2D eigenvalue weighted by Crippen LogP contribution is -2.46. The van der Waals surface area contributed by atoms with E-state index in [1.807, 2.05) is 47.4 Å².